The molecule has 3 aromatic rings. The van der Waals surface area contributed by atoms with E-state index in [0.717, 1.165) is 5.56 Å². The molecule has 6 heteroatoms. The first kappa shape index (κ1) is 21.0. The zero-order chi connectivity index (χ0) is 21.5. The smallest absolute Gasteiger partial charge is 0.259 e. The molecule has 1 N–H and O–H groups in total. The van der Waals surface area contributed by atoms with E-state index in [0.29, 0.717) is 29.3 Å². The number of benzene rings is 2. The molecule has 0 saturated carbocycles. The Morgan fingerprint density at radius 2 is 1.83 bits per heavy atom. The third kappa shape index (κ3) is 4.84. The number of nitrogens with zero attached hydrogens (tertiary/aromatic N) is 2. The lowest BCUT2D eigenvalue weighted by Crippen LogP contribution is -2.30. The van der Waals surface area contributed by atoms with E-state index in [1.807, 2.05) is 56.3 Å². The molecule has 0 spiro atoms. The number of hydrogen-bond donors (Lipinski definition) is 1. The molecule has 2 amide bonds. The van der Waals surface area contributed by atoms with Crippen LogP contribution in [0.2, 0.25) is 0 Å². The number of rotatable bonds is 7. The Hall–Kier alpha value is -3.67. The third-order valence-electron chi connectivity index (χ3n) is 4.85. The Morgan fingerprint density at radius 1 is 1.07 bits per heavy atom. The summed E-state index contributed by atoms with van der Waals surface area (Å²) in [6.45, 7) is 4.22. The number of carbonyl (C=O) groups is 2. The minimum Gasteiger partial charge on any atom is -0.477 e. The van der Waals surface area contributed by atoms with Gasteiger partial charge < -0.3 is 15.0 Å². The molecule has 1 atom stereocenters. The first-order valence-electron chi connectivity index (χ1n) is 9.82. The lowest BCUT2D eigenvalue weighted by molar-refractivity contribution is 0.0737. The second-order valence-corrected chi connectivity index (χ2v) is 6.83. The van der Waals surface area contributed by atoms with Gasteiger partial charge in [-0.2, -0.15) is 0 Å². The summed E-state index contributed by atoms with van der Waals surface area (Å²) in [7, 11) is 1.74. The molecule has 0 bridgehead atoms. The summed E-state index contributed by atoms with van der Waals surface area (Å²) in [5, 5.41) is 2.91. The van der Waals surface area contributed by atoms with Crippen molar-refractivity contribution < 1.29 is 14.3 Å². The van der Waals surface area contributed by atoms with Crippen LogP contribution in [0, 0.1) is 0 Å². The summed E-state index contributed by atoms with van der Waals surface area (Å²) >= 11 is 0. The van der Waals surface area contributed by atoms with E-state index in [1.54, 1.807) is 42.4 Å². The summed E-state index contributed by atoms with van der Waals surface area (Å²) in [5.74, 6) is -0.0350. The maximum Gasteiger partial charge on any atom is 0.259 e. The van der Waals surface area contributed by atoms with E-state index >= 15 is 0 Å². The van der Waals surface area contributed by atoms with E-state index in [1.165, 1.54) is 0 Å². The van der Waals surface area contributed by atoms with Crippen LogP contribution >= 0.6 is 0 Å². The summed E-state index contributed by atoms with van der Waals surface area (Å²) in [6, 6.07) is 19.7. The van der Waals surface area contributed by atoms with E-state index in [4.69, 9.17) is 4.74 Å². The Kier molecular flexibility index (Phi) is 6.80. The average molecular weight is 403 g/mol. The van der Waals surface area contributed by atoms with Gasteiger partial charge >= 0.3 is 0 Å². The molecule has 0 aliphatic heterocycles. The molecule has 1 unspecified atom stereocenters. The summed E-state index contributed by atoms with van der Waals surface area (Å²) in [5.41, 5.74) is 2.58. The maximum atomic E-state index is 13.0. The number of amides is 2. The first-order valence-corrected chi connectivity index (χ1v) is 9.82. The van der Waals surface area contributed by atoms with Crippen molar-refractivity contribution in [2.75, 3.05) is 19.0 Å². The Labute approximate surface area is 176 Å². The quantitative estimate of drug-likeness (QED) is 0.627. The summed E-state index contributed by atoms with van der Waals surface area (Å²) < 4.78 is 5.49. The van der Waals surface area contributed by atoms with Crippen LogP contribution in [0.1, 0.15) is 46.2 Å². The monoisotopic (exact) mass is 403 g/mol. The number of nitrogens with one attached hydrogen (secondary N) is 1. The molecule has 0 fully saturated rings. The third-order valence-corrected chi connectivity index (χ3v) is 4.85. The molecule has 0 saturated heterocycles. The summed E-state index contributed by atoms with van der Waals surface area (Å²) in [6.07, 6.45) is 1.60. The minimum absolute atomic E-state index is 0.179. The van der Waals surface area contributed by atoms with Crippen LogP contribution in [-0.2, 0) is 0 Å². The van der Waals surface area contributed by atoms with Crippen molar-refractivity contribution in [3.63, 3.8) is 0 Å². The van der Waals surface area contributed by atoms with Gasteiger partial charge in [-0.3, -0.25) is 9.59 Å². The van der Waals surface area contributed by atoms with Crippen LogP contribution in [0.15, 0.2) is 72.9 Å². The number of ether oxygens (including phenoxy) is 1. The fourth-order valence-electron chi connectivity index (χ4n) is 3.06. The topological polar surface area (TPSA) is 71.5 Å². The highest BCUT2D eigenvalue weighted by molar-refractivity contribution is 6.04. The SMILES string of the molecule is CCOc1ncccc1C(=O)N(C)C(C)c1cccc(NC(=O)c2ccccc2)c1. The summed E-state index contributed by atoms with van der Waals surface area (Å²) in [4.78, 5) is 31.3. The van der Waals surface area contributed by atoms with E-state index in [-0.39, 0.29) is 17.9 Å². The normalized spacial score (nSPS) is 11.4. The van der Waals surface area contributed by atoms with Gasteiger partial charge in [-0.15, -0.1) is 0 Å². The maximum absolute atomic E-state index is 13.0. The fraction of sp³-hybridized carbons (Fsp3) is 0.208. The molecule has 0 aliphatic rings. The van der Waals surface area contributed by atoms with Crippen molar-refractivity contribution in [3.05, 3.63) is 89.6 Å². The molecule has 0 radical (unpaired) electrons. The van der Waals surface area contributed by atoms with Crippen molar-refractivity contribution in [2.24, 2.45) is 0 Å². The highest BCUT2D eigenvalue weighted by Crippen LogP contribution is 2.25. The van der Waals surface area contributed by atoms with Crippen molar-refractivity contribution in [1.82, 2.24) is 9.88 Å². The molecule has 2 aromatic carbocycles. The van der Waals surface area contributed by atoms with Crippen LogP contribution in [-0.4, -0.2) is 35.4 Å². The van der Waals surface area contributed by atoms with Gasteiger partial charge in [-0.05, 0) is 55.8 Å². The standard InChI is InChI=1S/C24H25N3O3/c1-4-30-23-21(14-9-15-25-23)24(29)27(3)17(2)19-12-8-13-20(16-19)26-22(28)18-10-6-5-7-11-18/h5-17H,4H2,1-3H3,(H,26,28). The predicted octanol–water partition coefficient (Wildman–Crippen LogP) is 4.57. The molecular formula is C24H25N3O3. The Morgan fingerprint density at radius 3 is 2.57 bits per heavy atom. The van der Waals surface area contributed by atoms with Crippen LogP contribution in [0.4, 0.5) is 5.69 Å². The van der Waals surface area contributed by atoms with Crippen LogP contribution in [0.3, 0.4) is 0 Å². The first-order chi connectivity index (χ1) is 14.5. The van der Waals surface area contributed by atoms with Crippen molar-refractivity contribution >= 4 is 17.5 Å². The van der Waals surface area contributed by atoms with Gasteiger partial charge in [0.05, 0.1) is 12.6 Å². The Balaban J connectivity index is 1.76. The van der Waals surface area contributed by atoms with Gasteiger partial charge in [-0.25, -0.2) is 4.98 Å². The van der Waals surface area contributed by atoms with Crippen LogP contribution < -0.4 is 10.1 Å². The van der Waals surface area contributed by atoms with Gasteiger partial charge in [0.1, 0.15) is 5.56 Å². The molecular weight excluding hydrogens is 378 g/mol. The average Bonchev–Trinajstić information content (AvgIpc) is 2.79. The highest BCUT2D eigenvalue weighted by Gasteiger charge is 2.22. The fourth-order valence-corrected chi connectivity index (χ4v) is 3.06. The van der Waals surface area contributed by atoms with Crippen LogP contribution in [0.5, 0.6) is 5.88 Å². The second-order valence-electron chi connectivity index (χ2n) is 6.83. The van der Waals surface area contributed by atoms with E-state index in [9.17, 15) is 9.59 Å². The number of aromatic nitrogens is 1. The van der Waals surface area contributed by atoms with Gasteiger partial charge in [-0.1, -0.05) is 30.3 Å². The Bertz CT molecular complexity index is 1020. The molecule has 3 rings (SSSR count). The zero-order valence-electron chi connectivity index (χ0n) is 17.3. The van der Waals surface area contributed by atoms with Gasteiger partial charge in [0.25, 0.3) is 11.8 Å². The van der Waals surface area contributed by atoms with Crippen molar-refractivity contribution in [3.8, 4) is 5.88 Å². The molecule has 30 heavy (non-hydrogen) atoms. The number of pyridine rings is 1. The molecule has 6 nitrogen and oxygen atoms in total. The predicted molar refractivity (Wildman–Crippen MR) is 117 cm³/mol. The number of carbonyl (C=O) groups excluding carboxylic acids is 2. The lowest BCUT2D eigenvalue weighted by atomic mass is 10.1. The lowest BCUT2D eigenvalue weighted by Gasteiger charge is -2.26. The van der Waals surface area contributed by atoms with Crippen molar-refractivity contribution in [1.29, 1.82) is 0 Å². The molecule has 0 aliphatic carbocycles. The van der Waals surface area contributed by atoms with E-state index < -0.39 is 0 Å². The minimum atomic E-state index is -0.222. The largest absolute Gasteiger partial charge is 0.477 e. The second kappa shape index (κ2) is 9.69. The molecule has 1 heterocycles. The van der Waals surface area contributed by atoms with Gasteiger partial charge in [0.2, 0.25) is 5.88 Å². The van der Waals surface area contributed by atoms with Crippen molar-refractivity contribution in [2.45, 2.75) is 19.9 Å². The molecule has 1 aromatic heterocycles. The number of hydrogen-bond acceptors (Lipinski definition) is 4. The number of anilines is 1. The molecule has 154 valence electrons. The highest BCUT2D eigenvalue weighted by atomic mass is 16.5. The zero-order valence-corrected chi connectivity index (χ0v) is 17.3. The van der Waals surface area contributed by atoms with E-state index in [2.05, 4.69) is 10.3 Å². The van der Waals surface area contributed by atoms with Gasteiger partial charge in [0.15, 0.2) is 0 Å². The van der Waals surface area contributed by atoms with Gasteiger partial charge in [0, 0.05) is 24.5 Å². The van der Waals surface area contributed by atoms with Crippen LogP contribution in [0.25, 0.3) is 0 Å².